The fourth-order valence-electron chi connectivity index (χ4n) is 0.248. The summed E-state index contributed by atoms with van der Waals surface area (Å²) in [4.78, 5) is 10.7. The minimum absolute atomic E-state index is 0.235. The second-order valence-electron chi connectivity index (χ2n) is 1.75. The second-order valence-corrected chi connectivity index (χ2v) is 3.08. The van der Waals surface area contributed by atoms with E-state index in [0.717, 1.165) is 0 Å². The first-order chi connectivity index (χ1) is 4.57. The fraction of sp³-hybridized carbons (Fsp3) is 0.500. The van der Waals surface area contributed by atoms with E-state index in [9.17, 15) is 4.79 Å². The first kappa shape index (κ1) is 9.98. The number of esters is 1. The molecule has 0 heterocycles. The van der Waals surface area contributed by atoms with Gasteiger partial charge >= 0.3 is 5.97 Å². The molecule has 0 aliphatic rings. The Morgan fingerprint density at radius 1 is 1.90 bits per heavy atom. The van der Waals surface area contributed by atoms with E-state index in [1.807, 2.05) is 0 Å². The van der Waals surface area contributed by atoms with Gasteiger partial charge in [-0.05, 0) is 22.9 Å². The molecule has 0 aromatic heterocycles. The molecule has 1 unspecified atom stereocenters. The van der Waals surface area contributed by atoms with Gasteiger partial charge in [0.25, 0.3) is 0 Å². The molecule has 2 nitrogen and oxygen atoms in total. The van der Waals surface area contributed by atoms with Gasteiger partial charge in [0.2, 0.25) is 0 Å². The molecule has 0 aliphatic carbocycles. The predicted octanol–water partition coefficient (Wildman–Crippen LogP) is 2.07. The van der Waals surface area contributed by atoms with E-state index in [2.05, 4.69) is 22.5 Å². The van der Waals surface area contributed by atoms with Gasteiger partial charge in [0.15, 0.2) is 5.01 Å². The lowest BCUT2D eigenvalue weighted by Crippen LogP contribution is -2.13. The zero-order valence-corrected chi connectivity index (χ0v) is 7.91. The van der Waals surface area contributed by atoms with Gasteiger partial charge in [-0.25, -0.2) is 4.79 Å². The Labute approximate surface area is 73.3 Å². The first-order valence-corrected chi connectivity index (χ1v) is 4.09. The fourth-order valence-corrected chi connectivity index (χ4v) is 0.481. The predicted molar refractivity (Wildman–Crippen MR) is 44.3 cm³/mol. The van der Waals surface area contributed by atoms with Crippen LogP contribution in [-0.2, 0) is 9.53 Å². The number of rotatable bonds is 3. The molecule has 0 rings (SSSR count). The highest BCUT2D eigenvalue weighted by molar-refractivity contribution is 9.09. The summed E-state index contributed by atoms with van der Waals surface area (Å²) >= 11 is 8.38. The van der Waals surface area contributed by atoms with Crippen LogP contribution in [0.5, 0.6) is 0 Å². The van der Waals surface area contributed by atoms with Gasteiger partial charge in [-0.2, -0.15) is 0 Å². The number of hydrogen-bond acceptors (Lipinski definition) is 2. The van der Waals surface area contributed by atoms with E-state index in [1.165, 1.54) is 0 Å². The van der Waals surface area contributed by atoms with E-state index >= 15 is 0 Å². The maximum atomic E-state index is 10.7. The Bertz CT molecular complexity index is 147. The Hall–Kier alpha value is -0.0200. The summed E-state index contributed by atoms with van der Waals surface area (Å²) in [6.07, 6.45) is 0. The van der Waals surface area contributed by atoms with E-state index in [4.69, 9.17) is 16.3 Å². The lowest BCUT2D eigenvalue weighted by molar-refractivity contribution is -0.139. The molecular formula is C6H8BrClO2. The van der Waals surface area contributed by atoms with Crippen LogP contribution in [0, 0.1) is 0 Å². The number of halogens is 2. The highest BCUT2D eigenvalue weighted by atomic mass is 79.9. The quantitative estimate of drug-likeness (QED) is 0.419. The summed E-state index contributed by atoms with van der Waals surface area (Å²) in [7, 11) is 0. The SMILES string of the molecule is C=C(C)C(=O)OC(Br)CCl. The molecule has 0 fully saturated rings. The molecule has 0 spiro atoms. The van der Waals surface area contributed by atoms with Crippen molar-refractivity contribution in [1.29, 1.82) is 0 Å². The van der Waals surface area contributed by atoms with Crippen LogP contribution >= 0.6 is 27.5 Å². The van der Waals surface area contributed by atoms with Crippen LogP contribution in [0.15, 0.2) is 12.2 Å². The van der Waals surface area contributed by atoms with Crippen LogP contribution in [0.1, 0.15) is 6.92 Å². The number of alkyl halides is 2. The van der Waals surface area contributed by atoms with Gasteiger partial charge in [0, 0.05) is 5.57 Å². The van der Waals surface area contributed by atoms with Crippen molar-refractivity contribution in [3.63, 3.8) is 0 Å². The molecule has 10 heavy (non-hydrogen) atoms. The van der Waals surface area contributed by atoms with E-state index in [-0.39, 0.29) is 5.88 Å². The van der Waals surface area contributed by atoms with Gasteiger partial charge in [-0.3, -0.25) is 0 Å². The molecule has 1 atom stereocenters. The average molecular weight is 227 g/mol. The molecule has 0 aromatic carbocycles. The number of ether oxygens (including phenoxy) is 1. The van der Waals surface area contributed by atoms with Crippen LogP contribution < -0.4 is 0 Å². The zero-order valence-electron chi connectivity index (χ0n) is 5.56. The molecule has 0 radical (unpaired) electrons. The molecule has 58 valence electrons. The molecule has 0 N–H and O–H groups in total. The van der Waals surface area contributed by atoms with Gasteiger partial charge in [0.1, 0.15) is 0 Å². The number of carbonyl (C=O) groups is 1. The minimum atomic E-state index is -0.428. The van der Waals surface area contributed by atoms with E-state index in [0.29, 0.717) is 5.57 Å². The molecule has 0 saturated heterocycles. The molecule has 0 bridgehead atoms. The molecule has 4 heteroatoms. The third-order valence-corrected chi connectivity index (χ3v) is 1.87. The van der Waals surface area contributed by atoms with Crippen molar-refractivity contribution in [3.05, 3.63) is 12.2 Å². The normalized spacial score (nSPS) is 12.3. The Kier molecular flexibility index (Phi) is 4.73. The largest absolute Gasteiger partial charge is 0.446 e. The summed E-state index contributed by atoms with van der Waals surface area (Å²) in [5, 5.41) is -0.418. The van der Waals surface area contributed by atoms with Gasteiger partial charge < -0.3 is 4.74 Å². The van der Waals surface area contributed by atoms with Gasteiger partial charge in [0.05, 0.1) is 5.88 Å². The monoisotopic (exact) mass is 226 g/mol. The highest BCUT2D eigenvalue weighted by Gasteiger charge is 2.08. The van der Waals surface area contributed by atoms with Crippen molar-refractivity contribution in [1.82, 2.24) is 0 Å². The standard InChI is InChI=1S/C6H8BrClO2/c1-4(2)6(9)10-5(7)3-8/h5H,1,3H2,2H3. The Morgan fingerprint density at radius 2 is 2.40 bits per heavy atom. The van der Waals surface area contributed by atoms with Crippen molar-refractivity contribution in [2.75, 3.05) is 5.88 Å². The van der Waals surface area contributed by atoms with Crippen LogP contribution in [0.2, 0.25) is 0 Å². The molecule has 0 amide bonds. The van der Waals surface area contributed by atoms with Crippen LogP contribution in [-0.4, -0.2) is 16.9 Å². The summed E-state index contributed by atoms with van der Waals surface area (Å²) in [6.45, 7) is 4.98. The van der Waals surface area contributed by atoms with Crippen molar-refractivity contribution < 1.29 is 9.53 Å². The third-order valence-electron chi connectivity index (χ3n) is 0.705. The van der Waals surface area contributed by atoms with Crippen LogP contribution in [0.3, 0.4) is 0 Å². The van der Waals surface area contributed by atoms with Crippen molar-refractivity contribution >= 4 is 33.5 Å². The molecule has 0 aromatic rings. The molecular weight excluding hydrogens is 219 g/mol. The molecule has 0 saturated carbocycles. The maximum absolute atomic E-state index is 10.7. The molecule has 0 aliphatic heterocycles. The zero-order chi connectivity index (χ0) is 8.15. The van der Waals surface area contributed by atoms with Gasteiger partial charge in [-0.15, -0.1) is 11.6 Å². The second kappa shape index (κ2) is 4.74. The Balaban J connectivity index is 3.68. The summed E-state index contributed by atoms with van der Waals surface area (Å²) in [6, 6.07) is 0. The van der Waals surface area contributed by atoms with Crippen LogP contribution in [0.25, 0.3) is 0 Å². The Morgan fingerprint density at radius 3 is 2.70 bits per heavy atom. The van der Waals surface area contributed by atoms with Crippen molar-refractivity contribution in [3.8, 4) is 0 Å². The maximum Gasteiger partial charge on any atom is 0.334 e. The van der Waals surface area contributed by atoms with E-state index in [1.54, 1.807) is 6.92 Å². The topological polar surface area (TPSA) is 26.3 Å². The lowest BCUT2D eigenvalue weighted by Gasteiger charge is -2.06. The van der Waals surface area contributed by atoms with Gasteiger partial charge in [-0.1, -0.05) is 6.58 Å². The minimum Gasteiger partial charge on any atom is -0.446 e. The van der Waals surface area contributed by atoms with Crippen molar-refractivity contribution in [2.45, 2.75) is 11.9 Å². The third kappa shape index (κ3) is 3.90. The smallest absolute Gasteiger partial charge is 0.334 e. The lowest BCUT2D eigenvalue weighted by atomic mass is 10.4. The number of carbonyl (C=O) groups excluding carboxylic acids is 1. The van der Waals surface area contributed by atoms with E-state index < -0.39 is 11.0 Å². The van der Waals surface area contributed by atoms with Crippen molar-refractivity contribution in [2.24, 2.45) is 0 Å². The summed E-state index contributed by atoms with van der Waals surface area (Å²) < 4.78 is 4.71. The van der Waals surface area contributed by atoms with Crippen LogP contribution in [0.4, 0.5) is 0 Å². The average Bonchev–Trinajstić information content (AvgIpc) is 1.87. The first-order valence-electron chi connectivity index (χ1n) is 2.64. The number of hydrogen-bond donors (Lipinski definition) is 0. The summed E-state index contributed by atoms with van der Waals surface area (Å²) in [5.41, 5.74) is 0.370. The summed E-state index contributed by atoms with van der Waals surface area (Å²) in [5.74, 6) is -0.193. The highest BCUT2D eigenvalue weighted by Crippen LogP contribution is 2.06.